The van der Waals surface area contributed by atoms with Gasteiger partial charge in [-0.15, -0.1) is 5.10 Å². The molecule has 0 radical (unpaired) electrons. The van der Waals surface area contributed by atoms with Crippen molar-refractivity contribution in [3.05, 3.63) is 30.1 Å². The number of rotatable bonds is 2. The van der Waals surface area contributed by atoms with Crippen molar-refractivity contribution in [2.45, 2.75) is 18.8 Å². The summed E-state index contributed by atoms with van der Waals surface area (Å²) >= 11 is 0. The van der Waals surface area contributed by atoms with Crippen LogP contribution in [-0.2, 0) is 0 Å². The largest absolute Gasteiger partial charge is 0.486 e. The molecule has 1 aromatic heterocycles. The van der Waals surface area contributed by atoms with Gasteiger partial charge in [-0.3, -0.25) is 0 Å². The number of hydrogen-bond donors (Lipinski definition) is 1. The molecule has 0 spiro atoms. The Morgan fingerprint density at radius 3 is 2.76 bits per heavy atom. The van der Waals surface area contributed by atoms with Gasteiger partial charge in [0.2, 0.25) is 0 Å². The van der Waals surface area contributed by atoms with Crippen molar-refractivity contribution in [1.82, 2.24) is 20.3 Å². The summed E-state index contributed by atoms with van der Waals surface area (Å²) in [6.07, 6.45) is 4.28. The molecule has 110 valence electrons. The third-order valence-electron chi connectivity index (χ3n) is 4.06. The molecule has 0 bridgehead atoms. The van der Waals surface area contributed by atoms with Crippen LogP contribution in [0, 0.1) is 0 Å². The quantitative estimate of drug-likeness (QED) is 0.906. The number of hydrogen-bond acceptors (Lipinski definition) is 5. The van der Waals surface area contributed by atoms with Gasteiger partial charge in [0, 0.05) is 12.0 Å². The maximum atomic E-state index is 5.61. The van der Waals surface area contributed by atoms with E-state index in [2.05, 4.69) is 15.6 Å². The molecule has 6 heteroatoms. The highest BCUT2D eigenvalue weighted by molar-refractivity contribution is 5.49. The third kappa shape index (κ3) is 2.47. The number of nitrogens with one attached hydrogen (secondary N) is 1. The van der Waals surface area contributed by atoms with Gasteiger partial charge in [-0.2, -0.15) is 0 Å². The smallest absolute Gasteiger partial charge is 0.163 e. The van der Waals surface area contributed by atoms with Gasteiger partial charge in [0.25, 0.3) is 0 Å². The van der Waals surface area contributed by atoms with Crippen LogP contribution in [0.3, 0.4) is 0 Å². The van der Waals surface area contributed by atoms with Gasteiger partial charge in [0.1, 0.15) is 13.2 Å². The molecular formula is C15H18N4O2. The Hall–Kier alpha value is -2.08. The maximum Gasteiger partial charge on any atom is 0.163 e. The predicted molar refractivity (Wildman–Crippen MR) is 77.2 cm³/mol. The van der Waals surface area contributed by atoms with Gasteiger partial charge >= 0.3 is 0 Å². The van der Waals surface area contributed by atoms with Crippen LogP contribution in [0.4, 0.5) is 0 Å². The molecule has 4 rings (SSSR count). The summed E-state index contributed by atoms with van der Waals surface area (Å²) in [7, 11) is 0. The Labute approximate surface area is 123 Å². The predicted octanol–water partition coefficient (Wildman–Crippen LogP) is 1.51. The highest BCUT2D eigenvalue weighted by atomic mass is 16.6. The van der Waals surface area contributed by atoms with E-state index in [-0.39, 0.29) is 0 Å². The van der Waals surface area contributed by atoms with Crippen molar-refractivity contribution in [2.75, 3.05) is 26.3 Å². The molecule has 1 fully saturated rings. The van der Waals surface area contributed by atoms with E-state index in [0.29, 0.717) is 19.1 Å². The van der Waals surface area contributed by atoms with Crippen LogP contribution in [0.5, 0.6) is 11.5 Å². The van der Waals surface area contributed by atoms with Crippen molar-refractivity contribution in [1.29, 1.82) is 0 Å². The first kappa shape index (κ1) is 12.6. The lowest BCUT2D eigenvalue weighted by Crippen LogP contribution is -2.26. The summed E-state index contributed by atoms with van der Waals surface area (Å²) in [6, 6.07) is 5.86. The van der Waals surface area contributed by atoms with Crippen molar-refractivity contribution in [2.24, 2.45) is 0 Å². The molecule has 1 N–H and O–H groups in total. The van der Waals surface area contributed by atoms with Crippen LogP contribution >= 0.6 is 0 Å². The summed E-state index contributed by atoms with van der Waals surface area (Å²) < 4.78 is 13.0. The molecule has 0 saturated carbocycles. The molecule has 2 aliphatic rings. The van der Waals surface area contributed by atoms with Crippen molar-refractivity contribution in [3.8, 4) is 17.2 Å². The van der Waals surface area contributed by atoms with Gasteiger partial charge in [-0.1, -0.05) is 5.21 Å². The SMILES string of the molecule is c1cc2c(cc1-n1cc(C3CCNCC3)nn1)OCCO2. The van der Waals surface area contributed by atoms with Crippen LogP contribution in [-0.4, -0.2) is 41.3 Å². The lowest BCUT2D eigenvalue weighted by atomic mass is 9.95. The molecule has 21 heavy (non-hydrogen) atoms. The van der Waals surface area contributed by atoms with E-state index in [0.717, 1.165) is 48.8 Å². The van der Waals surface area contributed by atoms with E-state index in [1.165, 1.54) is 0 Å². The minimum atomic E-state index is 0.511. The number of ether oxygens (including phenoxy) is 2. The third-order valence-corrected chi connectivity index (χ3v) is 4.06. The van der Waals surface area contributed by atoms with E-state index in [1.54, 1.807) is 0 Å². The highest BCUT2D eigenvalue weighted by Crippen LogP contribution is 2.32. The van der Waals surface area contributed by atoms with Crippen LogP contribution in [0.1, 0.15) is 24.5 Å². The molecule has 1 saturated heterocycles. The Balaban J connectivity index is 1.60. The number of aromatic nitrogens is 3. The standard InChI is InChI=1S/C15H18N4O2/c1-2-14-15(21-8-7-20-14)9-12(1)19-10-13(17-18-19)11-3-5-16-6-4-11/h1-2,9-11,16H,3-8H2. The van der Waals surface area contributed by atoms with Gasteiger partial charge in [-0.05, 0) is 38.1 Å². The molecule has 0 amide bonds. The summed E-state index contributed by atoms with van der Waals surface area (Å²) in [5.41, 5.74) is 2.03. The zero-order chi connectivity index (χ0) is 14.1. The fourth-order valence-corrected chi connectivity index (χ4v) is 2.88. The van der Waals surface area contributed by atoms with Crippen LogP contribution < -0.4 is 14.8 Å². The molecule has 6 nitrogen and oxygen atoms in total. The van der Waals surface area contributed by atoms with Gasteiger partial charge < -0.3 is 14.8 Å². The maximum absolute atomic E-state index is 5.61. The van der Waals surface area contributed by atoms with E-state index in [1.807, 2.05) is 29.1 Å². The summed E-state index contributed by atoms with van der Waals surface area (Å²) in [4.78, 5) is 0. The van der Waals surface area contributed by atoms with Crippen molar-refractivity contribution in [3.63, 3.8) is 0 Å². The molecular weight excluding hydrogens is 268 g/mol. The topological polar surface area (TPSA) is 61.2 Å². The number of benzene rings is 1. The fraction of sp³-hybridized carbons (Fsp3) is 0.467. The monoisotopic (exact) mass is 286 g/mol. The van der Waals surface area contributed by atoms with Crippen molar-refractivity contribution < 1.29 is 9.47 Å². The Morgan fingerprint density at radius 2 is 1.90 bits per heavy atom. The first-order chi connectivity index (χ1) is 10.4. The molecule has 0 unspecified atom stereocenters. The van der Waals surface area contributed by atoms with Crippen LogP contribution in [0.15, 0.2) is 24.4 Å². The first-order valence-electron chi connectivity index (χ1n) is 7.43. The minimum Gasteiger partial charge on any atom is -0.486 e. The molecule has 0 atom stereocenters. The van der Waals surface area contributed by atoms with E-state index >= 15 is 0 Å². The summed E-state index contributed by atoms with van der Waals surface area (Å²) in [5, 5.41) is 12.0. The van der Waals surface area contributed by atoms with Crippen LogP contribution in [0.2, 0.25) is 0 Å². The number of piperidine rings is 1. The van der Waals surface area contributed by atoms with Gasteiger partial charge in [-0.25, -0.2) is 4.68 Å². The summed E-state index contributed by atoms with van der Waals surface area (Å²) in [6.45, 7) is 3.31. The highest BCUT2D eigenvalue weighted by Gasteiger charge is 2.19. The second-order valence-electron chi connectivity index (χ2n) is 5.44. The van der Waals surface area contributed by atoms with E-state index < -0.39 is 0 Å². The Kier molecular flexibility index (Phi) is 3.23. The first-order valence-corrected chi connectivity index (χ1v) is 7.43. The Bertz CT molecular complexity index is 634. The minimum absolute atomic E-state index is 0.511. The molecule has 0 aliphatic carbocycles. The molecule has 3 heterocycles. The lowest BCUT2D eigenvalue weighted by molar-refractivity contribution is 0.171. The second kappa shape index (κ2) is 5.37. The van der Waals surface area contributed by atoms with E-state index in [9.17, 15) is 0 Å². The molecule has 2 aliphatic heterocycles. The average molecular weight is 286 g/mol. The number of fused-ring (bicyclic) bond motifs is 1. The average Bonchev–Trinajstić information content (AvgIpc) is 3.05. The molecule has 2 aromatic rings. The summed E-state index contributed by atoms with van der Waals surface area (Å²) in [5.74, 6) is 2.08. The van der Waals surface area contributed by atoms with Crippen molar-refractivity contribution >= 4 is 0 Å². The Morgan fingerprint density at radius 1 is 1.10 bits per heavy atom. The number of nitrogens with zero attached hydrogens (tertiary/aromatic N) is 3. The fourth-order valence-electron chi connectivity index (χ4n) is 2.88. The second-order valence-corrected chi connectivity index (χ2v) is 5.44. The van der Waals surface area contributed by atoms with Crippen LogP contribution in [0.25, 0.3) is 5.69 Å². The zero-order valence-electron chi connectivity index (χ0n) is 11.8. The zero-order valence-corrected chi connectivity index (χ0v) is 11.8. The molecule has 1 aromatic carbocycles. The van der Waals surface area contributed by atoms with Gasteiger partial charge in [0.05, 0.1) is 17.6 Å². The normalized spacial score (nSPS) is 18.7. The lowest BCUT2D eigenvalue weighted by Gasteiger charge is -2.20. The van der Waals surface area contributed by atoms with E-state index in [4.69, 9.17) is 9.47 Å². The van der Waals surface area contributed by atoms with Gasteiger partial charge in [0.15, 0.2) is 11.5 Å².